The normalized spacial score (nSPS) is 15.0. The van der Waals surface area contributed by atoms with E-state index >= 15 is 0 Å². The summed E-state index contributed by atoms with van der Waals surface area (Å²) in [6, 6.07) is 9.18. The second-order valence-electron chi connectivity index (χ2n) is 8.93. The van der Waals surface area contributed by atoms with Gasteiger partial charge in [0.05, 0.1) is 5.25 Å². The van der Waals surface area contributed by atoms with Crippen LogP contribution in [0.2, 0.25) is 0 Å². The molecule has 0 bridgehead atoms. The lowest BCUT2D eigenvalue weighted by atomic mass is 9.93. The molecule has 2 aromatic carbocycles. The number of benzene rings is 2. The number of phenols is 1. The van der Waals surface area contributed by atoms with Crippen molar-refractivity contribution in [3.63, 3.8) is 0 Å². The molecule has 15 heteroatoms. The number of aromatic hydroxyl groups is 1. The number of hydrogen-bond acceptors (Lipinski definition) is 2. The average molecular weight is 604 g/mol. The van der Waals surface area contributed by atoms with Gasteiger partial charge in [0.15, 0.2) is 0 Å². The summed E-state index contributed by atoms with van der Waals surface area (Å²) in [5.41, 5.74) is 2.03. The molecule has 0 aliphatic heterocycles. The Balaban J connectivity index is 2.42. The maximum atomic E-state index is 14.3. The molecule has 0 amide bonds. The molecule has 1 nitrogen and oxygen atoms in total. The smallest absolute Gasteiger partial charge is 0.460 e. The molecular weight excluding hydrogens is 583 g/mol. The highest BCUT2D eigenvalue weighted by molar-refractivity contribution is 7.99. The topological polar surface area (TPSA) is 20.2 Å². The number of hydrogen-bond donors (Lipinski definition) is 1. The van der Waals surface area contributed by atoms with Gasteiger partial charge in [-0.05, 0) is 31.9 Å². The van der Waals surface area contributed by atoms with Crippen molar-refractivity contribution in [3.8, 4) is 5.75 Å². The first-order chi connectivity index (χ1) is 17.4. The minimum atomic E-state index is -7.92. The Morgan fingerprint density at radius 2 is 1.23 bits per heavy atom. The van der Waals surface area contributed by atoms with Gasteiger partial charge in [0.1, 0.15) is 5.75 Å². The molecule has 0 aliphatic rings. The molecule has 0 fully saturated rings. The Hall–Kier alpha value is -2.32. The molecule has 0 aromatic heterocycles. The second-order valence-corrected chi connectivity index (χ2v) is 10.1. The summed E-state index contributed by atoms with van der Waals surface area (Å²) < 4.78 is 174. The molecule has 0 radical (unpaired) electrons. The van der Waals surface area contributed by atoms with Crippen LogP contribution in [0.15, 0.2) is 36.4 Å². The van der Waals surface area contributed by atoms with E-state index in [4.69, 9.17) is 0 Å². The van der Waals surface area contributed by atoms with E-state index in [1.165, 1.54) is 31.2 Å². The second kappa shape index (κ2) is 10.6. The van der Waals surface area contributed by atoms with Gasteiger partial charge < -0.3 is 5.11 Å². The Morgan fingerprint density at radius 1 is 0.692 bits per heavy atom. The molecule has 0 aliphatic carbocycles. The summed E-state index contributed by atoms with van der Waals surface area (Å²) in [4.78, 5) is 0. The van der Waals surface area contributed by atoms with Gasteiger partial charge in [0.2, 0.25) is 0 Å². The zero-order chi connectivity index (χ0) is 30.4. The first-order valence-corrected chi connectivity index (χ1v) is 11.9. The van der Waals surface area contributed by atoms with E-state index in [2.05, 4.69) is 0 Å². The van der Waals surface area contributed by atoms with Crippen LogP contribution < -0.4 is 0 Å². The average Bonchev–Trinajstić information content (AvgIpc) is 2.78. The Morgan fingerprint density at radius 3 is 1.74 bits per heavy atom. The molecule has 2 rings (SSSR count). The predicted octanol–water partition coefficient (Wildman–Crippen LogP) is 9.27. The fourth-order valence-electron chi connectivity index (χ4n) is 3.66. The van der Waals surface area contributed by atoms with Crippen molar-refractivity contribution in [2.45, 2.75) is 68.2 Å². The van der Waals surface area contributed by atoms with Gasteiger partial charge in [0, 0.05) is 17.7 Å². The van der Waals surface area contributed by atoms with Crippen LogP contribution in [-0.2, 0) is 0 Å². The molecule has 2 aromatic rings. The minimum Gasteiger partial charge on any atom is -0.507 e. The largest absolute Gasteiger partial charge is 0.507 e. The van der Waals surface area contributed by atoms with E-state index in [0.29, 0.717) is 34.0 Å². The van der Waals surface area contributed by atoms with Gasteiger partial charge in [-0.25, -0.2) is 0 Å². The number of thioether (sulfide) groups is 1. The van der Waals surface area contributed by atoms with Crippen LogP contribution in [0, 0.1) is 20.8 Å². The molecule has 0 heterocycles. The first kappa shape index (κ1) is 32.9. The van der Waals surface area contributed by atoms with E-state index in [0.717, 1.165) is 0 Å². The van der Waals surface area contributed by atoms with E-state index in [9.17, 15) is 62.2 Å². The summed E-state index contributed by atoms with van der Waals surface area (Å²) in [5, 5.41) is 9.44. The van der Waals surface area contributed by atoms with Crippen molar-refractivity contribution >= 4 is 11.8 Å². The van der Waals surface area contributed by atoms with Crippen LogP contribution in [-0.4, -0.2) is 46.6 Å². The SMILES string of the molecule is Cc1cccc(C(SCCC(F)(F)C(F)(F)C(F)(F)C(F)(F)C(F)(F)C(F)(F)F)c2cc(C)cc(C)c2O)c1. The van der Waals surface area contributed by atoms with Crippen LogP contribution in [0.3, 0.4) is 0 Å². The quantitative estimate of drug-likeness (QED) is 0.273. The summed E-state index contributed by atoms with van der Waals surface area (Å²) in [6.45, 7) is 4.75. The van der Waals surface area contributed by atoms with Crippen molar-refractivity contribution in [2.24, 2.45) is 0 Å². The third kappa shape index (κ3) is 5.78. The van der Waals surface area contributed by atoms with Crippen LogP contribution in [0.4, 0.5) is 57.1 Å². The fourth-order valence-corrected chi connectivity index (χ4v) is 4.96. The summed E-state index contributed by atoms with van der Waals surface area (Å²) in [5.74, 6) is -38.5. The molecular formula is C24H21F13OS. The number of alkyl halides is 13. The van der Waals surface area contributed by atoms with Gasteiger partial charge >= 0.3 is 35.8 Å². The standard InChI is InChI=1S/C24H21F13OS/c1-12-5-4-6-15(10-12)18(16-11-13(2)9-14(3)17(16)38)39-8-7-19(25,26)20(27,28)21(29,30)22(31,32)23(33,34)24(35,36)37/h4-6,9-11,18,38H,7-8H2,1-3H3. The zero-order valence-electron chi connectivity index (χ0n) is 20.2. The molecule has 0 spiro atoms. The van der Waals surface area contributed by atoms with Gasteiger partial charge in [-0.15, -0.1) is 11.8 Å². The Labute approximate surface area is 218 Å². The maximum Gasteiger partial charge on any atom is 0.460 e. The zero-order valence-corrected chi connectivity index (χ0v) is 21.0. The van der Waals surface area contributed by atoms with Crippen molar-refractivity contribution in [2.75, 3.05) is 5.75 Å². The number of aryl methyl sites for hydroxylation is 3. The molecule has 220 valence electrons. The number of rotatable bonds is 10. The number of phenolic OH excluding ortho intramolecular Hbond substituents is 1. The molecule has 1 atom stereocenters. The van der Waals surface area contributed by atoms with Gasteiger partial charge in [-0.3, -0.25) is 0 Å². The molecule has 0 saturated heterocycles. The molecule has 1 unspecified atom stereocenters. The monoisotopic (exact) mass is 604 g/mol. The minimum absolute atomic E-state index is 0.111. The first-order valence-electron chi connectivity index (χ1n) is 10.9. The molecule has 0 saturated carbocycles. The van der Waals surface area contributed by atoms with Gasteiger partial charge in [-0.1, -0.05) is 47.5 Å². The van der Waals surface area contributed by atoms with E-state index in [-0.39, 0.29) is 11.3 Å². The lowest BCUT2D eigenvalue weighted by Crippen LogP contribution is -2.70. The van der Waals surface area contributed by atoms with Gasteiger partial charge in [0.25, 0.3) is 0 Å². The van der Waals surface area contributed by atoms with Crippen molar-refractivity contribution < 1.29 is 62.2 Å². The predicted molar refractivity (Wildman–Crippen MR) is 118 cm³/mol. The Kier molecular flexibility index (Phi) is 8.92. The third-order valence-corrected chi connectivity index (χ3v) is 7.10. The van der Waals surface area contributed by atoms with Crippen molar-refractivity contribution in [3.05, 3.63) is 64.2 Å². The summed E-state index contributed by atoms with van der Waals surface area (Å²) in [7, 11) is 0. The highest BCUT2D eigenvalue weighted by Gasteiger charge is 2.90. The summed E-state index contributed by atoms with van der Waals surface area (Å²) in [6.07, 6.45) is -9.77. The lowest BCUT2D eigenvalue weighted by molar-refractivity contribution is -0.439. The van der Waals surface area contributed by atoms with Crippen molar-refractivity contribution in [1.29, 1.82) is 0 Å². The van der Waals surface area contributed by atoms with E-state index < -0.39 is 53.2 Å². The highest BCUT2D eigenvalue weighted by Crippen LogP contribution is 2.61. The number of halogens is 13. The van der Waals surface area contributed by atoms with Gasteiger partial charge in [-0.2, -0.15) is 57.1 Å². The lowest BCUT2D eigenvalue weighted by Gasteiger charge is -2.39. The maximum absolute atomic E-state index is 14.3. The Bertz CT molecular complexity index is 1180. The van der Waals surface area contributed by atoms with Crippen LogP contribution in [0.5, 0.6) is 5.75 Å². The van der Waals surface area contributed by atoms with Crippen LogP contribution in [0.1, 0.15) is 39.5 Å². The highest BCUT2D eigenvalue weighted by atomic mass is 32.2. The van der Waals surface area contributed by atoms with Crippen molar-refractivity contribution in [1.82, 2.24) is 0 Å². The van der Waals surface area contributed by atoms with E-state index in [1.807, 2.05) is 0 Å². The van der Waals surface area contributed by atoms with Crippen LogP contribution in [0.25, 0.3) is 0 Å². The summed E-state index contributed by atoms with van der Waals surface area (Å²) >= 11 is 0.405. The van der Waals surface area contributed by atoms with E-state index in [1.54, 1.807) is 26.0 Å². The molecule has 1 N–H and O–H groups in total. The molecule has 39 heavy (non-hydrogen) atoms. The van der Waals surface area contributed by atoms with Crippen LogP contribution >= 0.6 is 11.8 Å². The third-order valence-electron chi connectivity index (χ3n) is 5.80. The fraction of sp³-hybridized carbons (Fsp3) is 0.500.